The molecular weight excluding hydrogens is 438 g/mol. The standard InChI is InChI=1S/C29H29N3O3/c1-34-28-19-23(10-11-27(28)35-20-24-7-2-3-14-30-24)29(33)32-16-12-21(13-17-32)18-22-6-4-9-26-25(22)8-5-15-31-26/h2-11,14-15,19,21H,12-13,16-18,20H2,1H3. The number of nitrogens with zero attached hydrogens (tertiary/aromatic N) is 3. The third kappa shape index (κ3) is 5.27. The molecule has 6 nitrogen and oxygen atoms in total. The lowest BCUT2D eigenvalue weighted by Crippen LogP contribution is -2.38. The summed E-state index contributed by atoms with van der Waals surface area (Å²) in [6.45, 7) is 1.85. The molecule has 0 spiro atoms. The van der Waals surface area contributed by atoms with Crippen LogP contribution in [0.5, 0.6) is 11.5 Å². The number of rotatable bonds is 7. The molecule has 0 saturated carbocycles. The first kappa shape index (κ1) is 22.8. The van der Waals surface area contributed by atoms with E-state index < -0.39 is 0 Å². The molecule has 2 aromatic carbocycles. The largest absolute Gasteiger partial charge is 0.493 e. The average Bonchev–Trinajstić information content (AvgIpc) is 2.92. The monoisotopic (exact) mass is 467 g/mol. The van der Waals surface area contributed by atoms with Crippen molar-refractivity contribution in [2.24, 2.45) is 5.92 Å². The van der Waals surface area contributed by atoms with Gasteiger partial charge in [0.25, 0.3) is 5.91 Å². The number of amides is 1. The number of pyridine rings is 2. The zero-order valence-corrected chi connectivity index (χ0v) is 19.9. The summed E-state index contributed by atoms with van der Waals surface area (Å²) in [5, 5.41) is 1.23. The van der Waals surface area contributed by atoms with Crippen molar-refractivity contribution in [2.75, 3.05) is 20.2 Å². The van der Waals surface area contributed by atoms with Gasteiger partial charge in [-0.1, -0.05) is 24.3 Å². The summed E-state index contributed by atoms with van der Waals surface area (Å²) in [6.07, 6.45) is 6.57. The van der Waals surface area contributed by atoms with Crippen LogP contribution in [0.25, 0.3) is 10.9 Å². The first-order valence-corrected chi connectivity index (χ1v) is 12.0. The van der Waals surface area contributed by atoms with E-state index in [1.54, 1.807) is 25.4 Å². The van der Waals surface area contributed by atoms with Crippen LogP contribution in [0.2, 0.25) is 0 Å². The molecule has 0 bridgehead atoms. The summed E-state index contributed by atoms with van der Waals surface area (Å²) in [7, 11) is 1.59. The Kier molecular flexibility index (Phi) is 6.89. The van der Waals surface area contributed by atoms with Crippen molar-refractivity contribution in [3.8, 4) is 11.5 Å². The molecule has 6 heteroatoms. The van der Waals surface area contributed by atoms with Crippen molar-refractivity contribution in [3.05, 3.63) is 95.9 Å². The molecule has 5 rings (SSSR count). The van der Waals surface area contributed by atoms with Crippen LogP contribution in [-0.2, 0) is 13.0 Å². The number of carbonyl (C=O) groups is 1. The molecule has 3 heterocycles. The molecule has 0 atom stereocenters. The number of hydrogen-bond acceptors (Lipinski definition) is 5. The van der Waals surface area contributed by atoms with Gasteiger partial charge in [0.15, 0.2) is 11.5 Å². The molecule has 1 aliphatic rings. The predicted octanol–water partition coefficient (Wildman–Crippen LogP) is 5.31. The van der Waals surface area contributed by atoms with Gasteiger partial charge in [0.2, 0.25) is 0 Å². The molecule has 1 saturated heterocycles. The first-order chi connectivity index (χ1) is 17.2. The SMILES string of the molecule is COc1cc(C(=O)N2CCC(Cc3cccc4ncccc34)CC2)ccc1OCc1ccccn1. The molecule has 35 heavy (non-hydrogen) atoms. The number of methoxy groups -OCH3 is 1. The quantitative estimate of drug-likeness (QED) is 0.368. The number of benzene rings is 2. The van der Waals surface area contributed by atoms with E-state index in [2.05, 4.69) is 34.2 Å². The summed E-state index contributed by atoms with van der Waals surface area (Å²) in [5.41, 5.74) is 3.83. The van der Waals surface area contributed by atoms with Crippen molar-refractivity contribution < 1.29 is 14.3 Å². The molecule has 4 aromatic rings. The van der Waals surface area contributed by atoms with Gasteiger partial charge in [-0.25, -0.2) is 0 Å². The van der Waals surface area contributed by atoms with Crippen LogP contribution in [-0.4, -0.2) is 41.0 Å². The van der Waals surface area contributed by atoms with Gasteiger partial charge in [-0.3, -0.25) is 14.8 Å². The fourth-order valence-corrected chi connectivity index (χ4v) is 4.73. The first-order valence-electron chi connectivity index (χ1n) is 12.0. The van der Waals surface area contributed by atoms with Gasteiger partial charge >= 0.3 is 0 Å². The lowest BCUT2D eigenvalue weighted by atomic mass is 9.88. The summed E-state index contributed by atoms with van der Waals surface area (Å²) in [6, 6.07) is 21.6. The van der Waals surface area contributed by atoms with Crippen molar-refractivity contribution >= 4 is 16.8 Å². The number of carbonyl (C=O) groups excluding carboxylic acids is 1. The number of piperidine rings is 1. The maximum atomic E-state index is 13.2. The van der Waals surface area contributed by atoms with Crippen LogP contribution < -0.4 is 9.47 Å². The smallest absolute Gasteiger partial charge is 0.253 e. The van der Waals surface area contributed by atoms with Gasteiger partial charge in [-0.15, -0.1) is 0 Å². The summed E-state index contributed by atoms with van der Waals surface area (Å²) in [4.78, 5) is 23.9. The zero-order chi connectivity index (χ0) is 24.0. The van der Waals surface area contributed by atoms with E-state index in [1.807, 2.05) is 41.4 Å². The Hall–Kier alpha value is -3.93. The molecule has 1 amide bonds. The van der Waals surface area contributed by atoms with Crippen LogP contribution in [0.1, 0.15) is 34.5 Å². The van der Waals surface area contributed by atoms with Crippen molar-refractivity contribution in [2.45, 2.75) is 25.9 Å². The second-order valence-corrected chi connectivity index (χ2v) is 8.90. The minimum atomic E-state index is 0.0346. The van der Waals surface area contributed by atoms with E-state index in [1.165, 1.54) is 10.9 Å². The molecule has 0 N–H and O–H groups in total. The maximum absolute atomic E-state index is 13.2. The van der Waals surface area contributed by atoms with E-state index in [4.69, 9.17) is 9.47 Å². The number of ether oxygens (including phenoxy) is 2. The number of aromatic nitrogens is 2. The Morgan fingerprint density at radius 2 is 1.80 bits per heavy atom. The molecule has 0 radical (unpaired) electrons. The Morgan fingerprint density at radius 1 is 0.943 bits per heavy atom. The Labute approximate surface area is 205 Å². The van der Waals surface area contributed by atoms with Gasteiger partial charge in [0.05, 0.1) is 18.3 Å². The number of likely N-dealkylation sites (tertiary alicyclic amines) is 1. The number of hydrogen-bond donors (Lipinski definition) is 0. The molecule has 1 aliphatic heterocycles. The highest BCUT2D eigenvalue weighted by Crippen LogP contribution is 2.31. The van der Waals surface area contributed by atoms with Gasteiger partial charge in [0.1, 0.15) is 6.61 Å². The summed E-state index contributed by atoms with van der Waals surface area (Å²) >= 11 is 0. The van der Waals surface area contributed by atoms with Gasteiger partial charge in [0, 0.05) is 36.4 Å². The highest BCUT2D eigenvalue weighted by atomic mass is 16.5. The Bertz CT molecular complexity index is 1300. The molecule has 0 unspecified atom stereocenters. The van der Waals surface area contributed by atoms with Gasteiger partial charge in [-0.2, -0.15) is 0 Å². The molecule has 0 aliphatic carbocycles. The lowest BCUT2D eigenvalue weighted by Gasteiger charge is -2.32. The van der Waals surface area contributed by atoms with Crippen LogP contribution in [0, 0.1) is 5.92 Å². The van der Waals surface area contributed by atoms with E-state index in [-0.39, 0.29) is 5.91 Å². The normalized spacial score (nSPS) is 14.1. The fraction of sp³-hybridized carbons (Fsp3) is 0.276. The highest BCUT2D eigenvalue weighted by molar-refractivity contribution is 5.95. The van der Waals surface area contributed by atoms with Crippen LogP contribution in [0.15, 0.2) is 79.1 Å². The molecule has 178 valence electrons. The van der Waals surface area contributed by atoms with E-state index in [0.29, 0.717) is 29.6 Å². The third-order valence-corrected chi connectivity index (χ3v) is 6.66. The highest BCUT2D eigenvalue weighted by Gasteiger charge is 2.25. The zero-order valence-electron chi connectivity index (χ0n) is 19.9. The summed E-state index contributed by atoms with van der Waals surface area (Å²) in [5.74, 6) is 1.73. The topological polar surface area (TPSA) is 64.5 Å². The second kappa shape index (κ2) is 10.6. The summed E-state index contributed by atoms with van der Waals surface area (Å²) < 4.78 is 11.4. The molecule has 1 fully saturated rings. The minimum absolute atomic E-state index is 0.0346. The Morgan fingerprint density at radius 3 is 2.60 bits per heavy atom. The van der Waals surface area contributed by atoms with Crippen LogP contribution >= 0.6 is 0 Å². The molecule has 2 aromatic heterocycles. The van der Waals surface area contributed by atoms with E-state index in [0.717, 1.165) is 43.6 Å². The van der Waals surface area contributed by atoms with Crippen molar-refractivity contribution in [3.63, 3.8) is 0 Å². The second-order valence-electron chi connectivity index (χ2n) is 8.90. The molecular formula is C29H29N3O3. The van der Waals surface area contributed by atoms with E-state index >= 15 is 0 Å². The van der Waals surface area contributed by atoms with Crippen molar-refractivity contribution in [1.82, 2.24) is 14.9 Å². The van der Waals surface area contributed by atoms with Crippen molar-refractivity contribution in [1.29, 1.82) is 0 Å². The number of fused-ring (bicyclic) bond motifs is 1. The predicted molar refractivity (Wildman–Crippen MR) is 136 cm³/mol. The van der Waals surface area contributed by atoms with Crippen LogP contribution in [0.3, 0.4) is 0 Å². The fourth-order valence-electron chi connectivity index (χ4n) is 4.73. The third-order valence-electron chi connectivity index (χ3n) is 6.66. The Balaban J connectivity index is 1.20. The average molecular weight is 468 g/mol. The minimum Gasteiger partial charge on any atom is -0.493 e. The van der Waals surface area contributed by atoms with E-state index in [9.17, 15) is 4.79 Å². The van der Waals surface area contributed by atoms with Gasteiger partial charge in [-0.05, 0) is 73.2 Å². The maximum Gasteiger partial charge on any atom is 0.253 e. The van der Waals surface area contributed by atoms with Gasteiger partial charge < -0.3 is 14.4 Å². The van der Waals surface area contributed by atoms with Crippen LogP contribution in [0.4, 0.5) is 0 Å². The lowest BCUT2D eigenvalue weighted by molar-refractivity contribution is 0.0690.